The van der Waals surface area contributed by atoms with Gasteiger partial charge in [0.05, 0.1) is 16.9 Å². The van der Waals surface area contributed by atoms with E-state index >= 15 is 0 Å². The molecule has 18 heavy (non-hydrogen) atoms. The largest absolute Gasteiger partial charge is 0.398 e. The fourth-order valence-corrected chi connectivity index (χ4v) is 1.59. The molecule has 3 rings (SSSR count). The van der Waals surface area contributed by atoms with Gasteiger partial charge in [0.2, 0.25) is 5.82 Å². The van der Waals surface area contributed by atoms with E-state index in [1.807, 2.05) is 0 Å². The number of nitrogen functional groups attached to an aromatic ring is 1. The molecule has 0 atom stereocenters. The lowest BCUT2D eigenvalue weighted by molar-refractivity contribution is 0.432. The van der Waals surface area contributed by atoms with Gasteiger partial charge in [0.15, 0.2) is 5.69 Å². The Kier molecular flexibility index (Phi) is 2.45. The van der Waals surface area contributed by atoms with Gasteiger partial charge in [-0.15, -0.1) is 0 Å². The van der Waals surface area contributed by atoms with Crippen LogP contribution in [0.5, 0.6) is 0 Å². The normalized spacial score (nSPS) is 10.7. The van der Waals surface area contributed by atoms with E-state index in [0.29, 0.717) is 33.7 Å². The molecule has 2 heterocycles. The third kappa shape index (κ3) is 1.80. The lowest BCUT2D eigenvalue weighted by Crippen LogP contribution is -1.87. The lowest BCUT2D eigenvalue weighted by Gasteiger charge is -1.98. The summed E-state index contributed by atoms with van der Waals surface area (Å²) in [4.78, 5) is 4.19. The molecule has 3 N–H and O–H groups in total. The number of aromatic nitrogens is 5. The summed E-state index contributed by atoms with van der Waals surface area (Å²) < 4.78 is 5.13. The summed E-state index contributed by atoms with van der Waals surface area (Å²) in [6, 6.07) is 5.09. The molecule has 0 aliphatic rings. The molecule has 0 aliphatic heterocycles. The van der Waals surface area contributed by atoms with Gasteiger partial charge < -0.3 is 10.3 Å². The molecule has 0 saturated heterocycles. The zero-order valence-electron chi connectivity index (χ0n) is 8.96. The zero-order valence-corrected chi connectivity index (χ0v) is 9.72. The molecule has 2 aromatic heterocycles. The maximum absolute atomic E-state index is 5.93. The van der Waals surface area contributed by atoms with Crippen molar-refractivity contribution in [3.63, 3.8) is 0 Å². The van der Waals surface area contributed by atoms with Crippen LogP contribution >= 0.6 is 11.6 Å². The fraction of sp³-hybridized carbons (Fsp3) is 0. The molecular weight excluding hydrogens is 256 g/mol. The van der Waals surface area contributed by atoms with Gasteiger partial charge in [-0.2, -0.15) is 20.4 Å². The van der Waals surface area contributed by atoms with Crippen LogP contribution in [0.15, 0.2) is 28.9 Å². The van der Waals surface area contributed by atoms with Crippen molar-refractivity contribution in [2.45, 2.75) is 0 Å². The van der Waals surface area contributed by atoms with Crippen molar-refractivity contribution in [3.05, 3.63) is 29.4 Å². The highest BCUT2D eigenvalue weighted by molar-refractivity contribution is 6.33. The molecular formula is C10H7ClN6O. The second-order valence-electron chi connectivity index (χ2n) is 3.51. The van der Waals surface area contributed by atoms with Gasteiger partial charge in [-0.25, -0.2) is 0 Å². The third-order valence-corrected chi connectivity index (χ3v) is 2.64. The molecule has 8 heteroatoms. The van der Waals surface area contributed by atoms with E-state index < -0.39 is 0 Å². The summed E-state index contributed by atoms with van der Waals surface area (Å²) in [5.41, 5.74) is 7.32. The summed E-state index contributed by atoms with van der Waals surface area (Å²) in [5, 5.41) is 14.2. The van der Waals surface area contributed by atoms with Gasteiger partial charge >= 0.3 is 0 Å². The van der Waals surface area contributed by atoms with Crippen LogP contribution in [0.1, 0.15) is 0 Å². The summed E-state index contributed by atoms with van der Waals surface area (Å²) in [6.07, 6.45) is 1.50. The van der Waals surface area contributed by atoms with Crippen LogP contribution in [-0.4, -0.2) is 25.6 Å². The number of hydrogen-bond donors (Lipinski definition) is 2. The highest BCUT2D eigenvalue weighted by Gasteiger charge is 2.13. The van der Waals surface area contributed by atoms with E-state index in [4.69, 9.17) is 21.9 Å². The maximum Gasteiger partial charge on any atom is 0.258 e. The monoisotopic (exact) mass is 262 g/mol. The first-order chi connectivity index (χ1) is 8.74. The number of hydrogen-bond acceptors (Lipinski definition) is 6. The molecule has 0 saturated carbocycles. The van der Waals surface area contributed by atoms with Crippen LogP contribution < -0.4 is 5.73 Å². The van der Waals surface area contributed by atoms with Gasteiger partial charge in [-0.1, -0.05) is 16.8 Å². The lowest BCUT2D eigenvalue weighted by atomic mass is 10.2. The van der Waals surface area contributed by atoms with Crippen molar-refractivity contribution in [2.75, 3.05) is 5.73 Å². The third-order valence-electron chi connectivity index (χ3n) is 2.32. The molecule has 3 aromatic rings. The van der Waals surface area contributed by atoms with Gasteiger partial charge in [0.1, 0.15) is 0 Å². The van der Waals surface area contributed by atoms with E-state index in [1.54, 1.807) is 18.2 Å². The molecule has 1 aromatic carbocycles. The van der Waals surface area contributed by atoms with Crippen molar-refractivity contribution >= 4 is 17.3 Å². The Hall–Kier alpha value is -2.41. The van der Waals surface area contributed by atoms with Crippen molar-refractivity contribution < 1.29 is 4.52 Å². The van der Waals surface area contributed by atoms with Gasteiger partial charge in [-0.3, -0.25) is 0 Å². The Balaban J connectivity index is 2.00. The first-order valence-corrected chi connectivity index (χ1v) is 5.37. The minimum atomic E-state index is 0.343. The van der Waals surface area contributed by atoms with Crippen LogP contribution in [0.2, 0.25) is 5.02 Å². The fourth-order valence-electron chi connectivity index (χ4n) is 1.41. The summed E-state index contributed by atoms with van der Waals surface area (Å²) in [6.45, 7) is 0. The maximum atomic E-state index is 5.93. The standard InChI is InChI=1S/C10H7ClN6O/c11-6-3-5(1-2-7(6)12)10-14-9(16-18-10)8-4-13-17-15-8/h1-4H,12H2,(H,13,15,17). The Morgan fingerprint density at radius 3 is 2.94 bits per heavy atom. The quantitative estimate of drug-likeness (QED) is 0.682. The van der Waals surface area contributed by atoms with Crippen LogP contribution in [0, 0.1) is 0 Å². The zero-order chi connectivity index (χ0) is 12.5. The molecule has 90 valence electrons. The van der Waals surface area contributed by atoms with Crippen LogP contribution in [-0.2, 0) is 0 Å². The van der Waals surface area contributed by atoms with Gasteiger partial charge in [0, 0.05) is 5.56 Å². The van der Waals surface area contributed by atoms with Crippen molar-refractivity contribution in [1.29, 1.82) is 0 Å². The average Bonchev–Trinajstić information content (AvgIpc) is 3.01. The number of anilines is 1. The number of H-pyrrole nitrogens is 1. The summed E-state index contributed by atoms with van der Waals surface area (Å²) >= 11 is 5.93. The smallest absolute Gasteiger partial charge is 0.258 e. The number of rotatable bonds is 2. The molecule has 0 bridgehead atoms. The van der Waals surface area contributed by atoms with E-state index in [1.165, 1.54) is 6.20 Å². The van der Waals surface area contributed by atoms with Crippen molar-refractivity contribution in [2.24, 2.45) is 0 Å². The van der Waals surface area contributed by atoms with Crippen LogP contribution in [0.4, 0.5) is 5.69 Å². The molecule has 0 unspecified atom stereocenters. The highest BCUT2D eigenvalue weighted by atomic mass is 35.5. The highest BCUT2D eigenvalue weighted by Crippen LogP contribution is 2.26. The Morgan fingerprint density at radius 1 is 1.33 bits per heavy atom. The summed E-state index contributed by atoms with van der Waals surface area (Å²) in [5.74, 6) is 0.696. The predicted molar refractivity (Wildman–Crippen MR) is 64.5 cm³/mol. The number of halogens is 1. The van der Waals surface area contributed by atoms with E-state index in [-0.39, 0.29) is 0 Å². The van der Waals surface area contributed by atoms with E-state index in [2.05, 4.69) is 25.6 Å². The number of benzene rings is 1. The molecule has 0 aliphatic carbocycles. The molecule has 7 nitrogen and oxygen atoms in total. The molecule has 0 radical (unpaired) electrons. The van der Waals surface area contributed by atoms with Crippen molar-refractivity contribution in [3.8, 4) is 23.0 Å². The minimum absolute atomic E-state index is 0.343. The minimum Gasteiger partial charge on any atom is -0.398 e. The first kappa shape index (κ1) is 10.7. The Labute approximate surface area is 106 Å². The van der Waals surface area contributed by atoms with Crippen LogP contribution in [0.3, 0.4) is 0 Å². The average molecular weight is 263 g/mol. The second-order valence-corrected chi connectivity index (χ2v) is 3.92. The number of aromatic amines is 1. The molecule has 0 spiro atoms. The van der Waals surface area contributed by atoms with Crippen molar-refractivity contribution in [1.82, 2.24) is 25.6 Å². The Bertz CT molecular complexity index is 678. The van der Waals surface area contributed by atoms with Gasteiger partial charge in [0.25, 0.3) is 5.89 Å². The molecule has 0 fully saturated rings. The van der Waals surface area contributed by atoms with E-state index in [9.17, 15) is 0 Å². The van der Waals surface area contributed by atoms with Gasteiger partial charge in [-0.05, 0) is 18.2 Å². The predicted octanol–water partition coefficient (Wildman–Crippen LogP) is 1.76. The SMILES string of the molecule is Nc1ccc(-c2nc(-c3cn[nH]n3)no2)cc1Cl. The number of nitrogens with two attached hydrogens (primary N) is 1. The second kappa shape index (κ2) is 4.11. The van der Waals surface area contributed by atoms with Crippen LogP contribution in [0.25, 0.3) is 23.0 Å². The summed E-state index contributed by atoms with van der Waals surface area (Å²) in [7, 11) is 0. The topological polar surface area (TPSA) is 107 Å². The Morgan fingerprint density at radius 2 is 2.22 bits per heavy atom. The first-order valence-electron chi connectivity index (χ1n) is 4.99. The number of nitrogens with one attached hydrogen (secondary N) is 1. The number of nitrogens with zero attached hydrogens (tertiary/aromatic N) is 4. The molecule has 0 amide bonds. The van der Waals surface area contributed by atoms with E-state index in [0.717, 1.165) is 0 Å².